The molecule has 2 nitrogen and oxygen atoms in total. The van der Waals surface area contributed by atoms with E-state index in [1.807, 2.05) is 0 Å². The normalized spacial score (nSPS) is 44.9. The van der Waals surface area contributed by atoms with E-state index < -0.39 is 5.60 Å². The van der Waals surface area contributed by atoms with Crippen molar-refractivity contribution >= 4 is 5.78 Å². The molecule has 0 aromatic carbocycles. The number of carbonyl (C=O) groups is 1. The van der Waals surface area contributed by atoms with E-state index in [1.165, 1.54) is 0 Å². The predicted molar refractivity (Wildman–Crippen MR) is 50.4 cm³/mol. The summed E-state index contributed by atoms with van der Waals surface area (Å²) in [7, 11) is 0. The Kier molecular flexibility index (Phi) is 1.99. The quantitative estimate of drug-likeness (QED) is 0.674. The molecular formula is C11H18O2. The van der Waals surface area contributed by atoms with E-state index in [2.05, 4.69) is 6.92 Å². The van der Waals surface area contributed by atoms with E-state index in [1.54, 1.807) is 0 Å². The fourth-order valence-corrected chi connectivity index (χ4v) is 3.24. The van der Waals surface area contributed by atoms with Crippen molar-refractivity contribution in [1.82, 2.24) is 0 Å². The molecule has 2 bridgehead atoms. The zero-order valence-electron chi connectivity index (χ0n) is 8.31. The van der Waals surface area contributed by atoms with Crippen molar-refractivity contribution in [1.29, 1.82) is 0 Å². The van der Waals surface area contributed by atoms with Gasteiger partial charge in [-0.05, 0) is 31.1 Å². The molecule has 0 aromatic rings. The van der Waals surface area contributed by atoms with Crippen LogP contribution in [0.1, 0.15) is 51.9 Å². The van der Waals surface area contributed by atoms with E-state index in [0.717, 1.165) is 32.1 Å². The van der Waals surface area contributed by atoms with Crippen LogP contribution >= 0.6 is 0 Å². The van der Waals surface area contributed by atoms with Crippen LogP contribution in [0, 0.1) is 5.41 Å². The first kappa shape index (κ1) is 9.20. The lowest BCUT2D eigenvalue weighted by atomic mass is 9.58. The van der Waals surface area contributed by atoms with Crippen molar-refractivity contribution in [3.05, 3.63) is 0 Å². The van der Waals surface area contributed by atoms with Crippen LogP contribution in [0.4, 0.5) is 0 Å². The molecule has 0 spiro atoms. The topological polar surface area (TPSA) is 37.3 Å². The third-order valence-electron chi connectivity index (χ3n) is 3.90. The van der Waals surface area contributed by atoms with E-state index in [9.17, 15) is 9.90 Å². The molecule has 1 N–H and O–H groups in total. The van der Waals surface area contributed by atoms with Gasteiger partial charge >= 0.3 is 0 Å². The van der Waals surface area contributed by atoms with E-state index >= 15 is 0 Å². The zero-order chi connectivity index (χ0) is 9.53. The third kappa shape index (κ3) is 1.52. The SMILES string of the molecule is CC[C@@]12CCC[C@@](O)(CC(=O)C1)C2. The molecule has 13 heavy (non-hydrogen) atoms. The Bertz CT molecular complexity index is 236. The van der Waals surface area contributed by atoms with Crippen LogP contribution in [0.2, 0.25) is 0 Å². The van der Waals surface area contributed by atoms with Gasteiger partial charge in [-0.15, -0.1) is 0 Å². The largest absolute Gasteiger partial charge is 0.389 e. The maximum atomic E-state index is 11.5. The summed E-state index contributed by atoms with van der Waals surface area (Å²) in [5.74, 6) is 0.273. The molecule has 0 amide bonds. The molecule has 0 unspecified atom stereocenters. The summed E-state index contributed by atoms with van der Waals surface area (Å²) >= 11 is 0. The van der Waals surface area contributed by atoms with Crippen LogP contribution in [-0.4, -0.2) is 16.5 Å². The van der Waals surface area contributed by atoms with E-state index in [0.29, 0.717) is 12.8 Å². The fraction of sp³-hybridized carbons (Fsp3) is 0.909. The highest BCUT2D eigenvalue weighted by Gasteiger charge is 2.48. The molecule has 2 atom stereocenters. The van der Waals surface area contributed by atoms with Crippen LogP contribution < -0.4 is 0 Å². The molecule has 2 heteroatoms. The Morgan fingerprint density at radius 1 is 1.38 bits per heavy atom. The molecule has 2 rings (SSSR count). The number of hydrogen-bond acceptors (Lipinski definition) is 2. The smallest absolute Gasteiger partial charge is 0.136 e. The van der Waals surface area contributed by atoms with Gasteiger partial charge in [0.2, 0.25) is 0 Å². The van der Waals surface area contributed by atoms with Gasteiger partial charge in [0, 0.05) is 12.8 Å². The highest BCUT2D eigenvalue weighted by atomic mass is 16.3. The molecular weight excluding hydrogens is 164 g/mol. The van der Waals surface area contributed by atoms with Crippen molar-refractivity contribution in [2.45, 2.75) is 57.5 Å². The lowest BCUT2D eigenvalue weighted by Crippen LogP contribution is -2.48. The molecule has 0 aromatic heterocycles. The summed E-state index contributed by atoms with van der Waals surface area (Å²) in [4.78, 5) is 11.5. The summed E-state index contributed by atoms with van der Waals surface area (Å²) < 4.78 is 0. The number of rotatable bonds is 1. The summed E-state index contributed by atoms with van der Waals surface area (Å²) in [5, 5.41) is 10.1. The lowest BCUT2D eigenvalue weighted by Gasteiger charge is -2.48. The fourth-order valence-electron chi connectivity index (χ4n) is 3.24. The van der Waals surface area contributed by atoms with Gasteiger partial charge < -0.3 is 5.11 Å². The Morgan fingerprint density at radius 2 is 2.15 bits per heavy atom. The zero-order valence-corrected chi connectivity index (χ0v) is 8.31. The number of carbonyl (C=O) groups excluding carboxylic acids is 1. The Morgan fingerprint density at radius 3 is 2.85 bits per heavy atom. The minimum atomic E-state index is -0.635. The second kappa shape index (κ2) is 2.81. The first-order valence-corrected chi connectivity index (χ1v) is 5.32. The maximum Gasteiger partial charge on any atom is 0.136 e. The molecule has 2 aliphatic carbocycles. The Hall–Kier alpha value is -0.370. The van der Waals surface area contributed by atoms with Gasteiger partial charge in [-0.25, -0.2) is 0 Å². The summed E-state index contributed by atoms with van der Waals surface area (Å²) in [6, 6.07) is 0. The first-order valence-electron chi connectivity index (χ1n) is 5.32. The number of Topliss-reactive ketones (excluding diaryl/α,β-unsaturated/α-hetero) is 1. The monoisotopic (exact) mass is 182 g/mol. The third-order valence-corrected chi connectivity index (χ3v) is 3.90. The molecule has 0 heterocycles. The number of aliphatic hydroxyl groups is 1. The molecule has 2 aliphatic rings. The summed E-state index contributed by atoms with van der Waals surface area (Å²) in [6.07, 6.45) is 6.10. The minimum Gasteiger partial charge on any atom is -0.389 e. The van der Waals surface area contributed by atoms with Gasteiger partial charge in [-0.1, -0.05) is 13.3 Å². The van der Waals surface area contributed by atoms with Crippen molar-refractivity contribution < 1.29 is 9.90 Å². The van der Waals surface area contributed by atoms with Gasteiger partial charge in [0.15, 0.2) is 0 Å². The number of hydrogen-bond donors (Lipinski definition) is 1. The van der Waals surface area contributed by atoms with Crippen molar-refractivity contribution in [2.75, 3.05) is 0 Å². The van der Waals surface area contributed by atoms with Gasteiger partial charge in [-0.3, -0.25) is 4.79 Å². The van der Waals surface area contributed by atoms with E-state index in [-0.39, 0.29) is 11.2 Å². The van der Waals surface area contributed by atoms with Crippen LogP contribution in [0.25, 0.3) is 0 Å². The van der Waals surface area contributed by atoms with Crippen molar-refractivity contribution in [2.24, 2.45) is 5.41 Å². The second-order valence-corrected chi connectivity index (χ2v) is 5.00. The Labute approximate surface area is 79.3 Å². The van der Waals surface area contributed by atoms with E-state index in [4.69, 9.17) is 0 Å². The van der Waals surface area contributed by atoms with Crippen LogP contribution in [0.5, 0.6) is 0 Å². The van der Waals surface area contributed by atoms with Gasteiger partial charge in [0.25, 0.3) is 0 Å². The lowest BCUT2D eigenvalue weighted by molar-refractivity contribution is -0.143. The summed E-state index contributed by atoms with van der Waals surface area (Å²) in [5.41, 5.74) is -0.480. The van der Waals surface area contributed by atoms with Gasteiger partial charge in [0.05, 0.1) is 5.60 Å². The molecule has 2 saturated carbocycles. The minimum absolute atomic E-state index is 0.155. The molecule has 0 radical (unpaired) electrons. The van der Waals surface area contributed by atoms with Crippen LogP contribution in [0.15, 0.2) is 0 Å². The molecule has 0 aliphatic heterocycles. The van der Waals surface area contributed by atoms with Crippen molar-refractivity contribution in [3.8, 4) is 0 Å². The highest BCUT2D eigenvalue weighted by Crippen LogP contribution is 2.51. The number of ketones is 1. The average molecular weight is 182 g/mol. The maximum absolute atomic E-state index is 11.5. The second-order valence-electron chi connectivity index (χ2n) is 5.00. The standard InChI is InChI=1S/C11H18O2/c1-2-10-4-3-5-11(13,8-10)7-9(12)6-10/h13H,2-8H2,1H3/t10-,11-/m1/s1. The van der Waals surface area contributed by atoms with Crippen molar-refractivity contribution in [3.63, 3.8) is 0 Å². The van der Waals surface area contributed by atoms with Crippen LogP contribution in [-0.2, 0) is 4.79 Å². The molecule has 2 fully saturated rings. The molecule has 74 valence electrons. The highest BCUT2D eigenvalue weighted by molar-refractivity contribution is 5.81. The average Bonchev–Trinajstić information content (AvgIpc) is 2.01. The first-order chi connectivity index (χ1) is 6.08. The van der Waals surface area contributed by atoms with Gasteiger partial charge in [-0.2, -0.15) is 0 Å². The molecule has 0 saturated heterocycles. The van der Waals surface area contributed by atoms with Gasteiger partial charge in [0.1, 0.15) is 5.78 Å². The van der Waals surface area contributed by atoms with Crippen LogP contribution in [0.3, 0.4) is 0 Å². The Balaban J connectivity index is 2.25. The summed E-state index contributed by atoms with van der Waals surface area (Å²) in [6.45, 7) is 2.14. The number of fused-ring (bicyclic) bond motifs is 2. The predicted octanol–water partition coefficient (Wildman–Crippen LogP) is 2.05.